The number of ether oxygens (including phenoxy) is 1. The smallest absolute Gasteiger partial charge is 0.254 e. The van der Waals surface area contributed by atoms with Crippen molar-refractivity contribution in [1.82, 2.24) is 20.2 Å². The van der Waals surface area contributed by atoms with E-state index in [9.17, 15) is 4.79 Å². The summed E-state index contributed by atoms with van der Waals surface area (Å²) < 4.78 is 5.37. The summed E-state index contributed by atoms with van der Waals surface area (Å²) in [5.41, 5.74) is 2.47. The van der Waals surface area contributed by atoms with E-state index in [2.05, 4.69) is 40.1 Å². The van der Waals surface area contributed by atoms with Crippen LogP contribution in [0.15, 0.2) is 67.0 Å². The van der Waals surface area contributed by atoms with Gasteiger partial charge in [-0.15, -0.1) is 0 Å². The summed E-state index contributed by atoms with van der Waals surface area (Å²) in [6.07, 6.45) is 3.14. The van der Waals surface area contributed by atoms with Crippen molar-refractivity contribution in [2.45, 2.75) is 19.9 Å². The first-order valence-electron chi connectivity index (χ1n) is 10.2. The van der Waals surface area contributed by atoms with Crippen LogP contribution >= 0.6 is 0 Å². The van der Waals surface area contributed by atoms with Crippen molar-refractivity contribution in [2.75, 3.05) is 26.7 Å². The van der Waals surface area contributed by atoms with Crippen molar-refractivity contribution in [3.8, 4) is 17.1 Å². The predicted molar refractivity (Wildman–Crippen MR) is 118 cm³/mol. The van der Waals surface area contributed by atoms with Crippen LogP contribution in [0, 0.1) is 0 Å². The van der Waals surface area contributed by atoms with Crippen molar-refractivity contribution < 1.29 is 9.53 Å². The third-order valence-electron chi connectivity index (χ3n) is 5.13. The van der Waals surface area contributed by atoms with Crippen LogP contribution in [-0.4, -0.2) is 47.5 Å². The van der Waals surface area contributed by atoms with Crippen LogP contribution in [-0.2, 0) is 0 Å². The number of carbonyl (C=O) groups excluding carboxylic acids is 1. The van der Waals surface area contributed by atoms with Crippen LogP contribution in [0.2, 0.25) is 0 Å². The number of nitrogens with zero attached hydrogens (tertiary/aromatic N) is 3. The lowest BCUT2D eigenvalue weighted by molar-refractivity contribution is 0.0934. The van der Waals surface area contributed by atoms with E-state index < -0.39 is 0 Å². The van der Waals surface area contributed by atoms with E-state index in [0.29, 0.717) is 17.9 Å². The number of nitrogens with one attached hydrogen (secondary N) is 1. The molecule has 1 amide bonds. The number of benzene rings is 2. The summed E-state index contributed by atoms with van der Waals surface area (Å²) in [4.78, 5) is 23.7. The molecule has 1 N–H and O–H groups in total. The number of carbonyl (C=O) groups is 1. The Morgan fingerprint density at radius 2 is 1.73 bits per heavy atom. The van der Waals surface area contributed by atoms with Gasteiger partial charge in [0.1, 0.15) is 5.75 Å². The fourth-order valence-electron chi connectivity index (χ4n) is 3.44. The number of hydrogen-bond acceptors (Lipinski definition) is 5. The Hall–Kier alpha value is -3.25. The molecule has 0 aliphatic heterocycles. The SMILES string of the molecule is CCN(CC)C(CNC(=O)c1cnc(-c2ccccc2)nc1)c1cccc(OC)c1. The molecular formula is C24H28N4O2. The van der Waals surface area contributed by atoms with Crippen LogP contribution in [0.3, 0.4) is 0 Å². The Morgan fingerprint density at radius 3 is 2.37 bits per heavy atom. The molecule has 0 aliphatic rings. The minimum absolute atomic E-state index is 0.0450. The molecule has 156 valence electrons. The van der Waals surface area contributed by atoms with Crippen molar-refractivity contribution in [3.63, 3.8) is 0 Å². The van der Waals surface area contributed by atoms with Gasteiger partial charge in [-0.1, -0.05) is 56.3 Å². The fourth-order valence-corrected chi connectivity index (χ4v) is 3.44. The van der Waals surface area contributed by atoms with Gasteiger partial charge in [0.15, 0.2) is 5.82 Å². The Bertz CT molecular complexity index is 941. The molecule has 1 atom stereocenters. The van der Waals surface area contributed by atoms with Crippen molar-refractivity contribution in [2.24, 2.45) is 0 Å². The lowest BCUT2D eigenvalue weighted by atomic mass is 10.0. The van der Waals surface area contributed by atoms with Gasteiger partial charge in [-0.2, -0.15) is 0 Å². The van der Waals surface area contributed by atoms with E-state index in [-0.39, 0.29) is 11.9 Å². The van der Waals surface area contributed by atoms with Crippen LogP contribution in [0.25, 0.3) is 11.4 Å². The van der Waals surface area contributed by atoms with E-state index in [4.69, 9.17) is 4.74 Å². The molecule has 1 unspecified atom stereocenters. The standard InChI is InChI=1S/C24H28N4O2/c1-4-28(5-2)22(19-12-9-13-21(14-19)30-3)17-27-24(29)20-15-25-23(26-16-20)18-10-7-6-8-11-18/h6-16,22H,4-5,17H2,1-3H3,(H,27,29). The molecule has 3 aromatic rings. The third kappa shape index (κ3) is 5.21. The van der Waals surface area contributed by atoms with E-state index in [1.54, 1.807) is 19.5 Å². The highest BCUT2D eigenvalue weighted by atomic mass is 16.5. The topological polar surface area (TPSA) is 67.4 Å². The molecule has 0 bridgehead atoms. The van der Waals surface area contributed by atoms with Crippen molar-refractivity contribution in [3.05, 3.63) is 78.1 Å². The predicted octanol–water partition coefficient (Wildman–Crippen LogP) is 3.97. The average molecular weight is 405 g/mol. The molecule has 1 heterocycles. The van der Waals surface area contributed by atoms with E-state index in [1.807, 2.05) is 48.5 Å². The van der Waals surface area contributed by atoms with Crippen LogP contribution in [0.5, 0.6) is 5.75 Å². The zero-order valence-electron chi connectivity index (χ0n) is 17.7. The van der Waals surface area contributed by atoms with Gasteiger partial charge in [0.25, 0.3) is 5.91 Å². The number of amides is 1. The highest BCUT2D eigenvalue weighted by Crippen LogP contribution is 2.24. The Morgan fingerprint density at radius 1 is 1.03 bits per heavy atom. The first kappa shape index (κ1) is 21.5. The quantitative estimate of drug-likeness (QED) is 0.585. The van der Waals surface area contributed by atoms with Gasteiger partial charge in [0.2, 0.25) is 0 Å². The summed E-state index contributed by atoms with van der Waals surface area (Å²) in [5, 5.41) is 3.04. The van der Waals surface area contributed by atoms with E-state index in [0.717, 1.165) is 30.0 Å². The summed E-state index contributed by atoms with van der Waals surface area (Å²) in [6, 6.07) is 17.7. The average Bonchev–Trinajstić information content (AvgIpc) is 2.82. The number of rotatable bonds is 9. The van der Waals surface area contributed by atoms with E-state index in [1.165, 1.54) is 0 Å². The van der Waals surface area contributed by atoms with Crippen LogP contribution < -0.4 is 10.1 Å². The lowest BCUT2D eigenvalue weighted by Crippen LogP contribution is -2.38. The highest BCUT2D eigenvalue weighted by Gasteiger charge is 2.20. The van der Waals surface area contributed by atoms with E-state index >= 15 is 0 Å². The molecule has 6 nitrogen and oxygen atoms in total. The molecule has 2 aromatic carbocycles. The first-order chi connectivity index (χ1) is 14.7. The second-order valence-corrected chi connectivity index (χ2v) is 6.89. The van der Waals surface area contributed by atoms with Gasteiger partial charge in [-0.3, -0.25) is 9.69 Å². The molecule has 3 rings (SSSR count). The molecule has 0 radical (unpaired) electrons. The Labute approximate surface area is 177 Å². The molecule has 0 saturated heterocycles. The monoisotopic (exact) mass is 404 g/mol. The fraction of sp³-hybridized carbons (Fsp3) is 0.292. The minimum atomic E-state index is -0.185. The highest BCUT2D eigenvalue weighted by molar-refractivity contribution is 5.93. The molecular weight excluding hydrogens is 376 g/mol. The molecule has 0 spiro atoms. The zero-order valence-corrected chi connectivity index (χ0v) is 17.7. The first-order valence-corrected chi connectivity index (χ1v) is 10.2. The van der Waals surface area contributed by atoms with Gasteiger partial charge in [-0.25, -0.2) is 9.97 Å². The lowest BCUT2D eigenvalue weighted by Gasteiger charge is -2.30. The van der Waals surface area contributed by atoms with Crippen LogP contribution in [0.1, 0.15) is 35.8 Å². The maximum absolute atomic E-state index is 12.7. The van der Waals surface area contributed by atoms with Gasteiger partial charge in [0.05, 0.1) is 18.7 Å². The molecule has 1 aromatic heterocycles. The second kappa shape index (κ2) is 10.5. The normalized spacial score (nSPS) is 11.9. The van der Waals surface area contributed by atoms with Gasteiger partial charge in [-0.05, 0) is 30.8 Å². The molecule has 0 saturated carbocycles. The van der Waals surface area contributed by atoms with Crippen molar-refractivity contribution >= 4 is 5.91 Å². The molecule has 6 heteroatoms. The summed E-state index contributed by atoms with van der Waals surface area (Å²) >= 11 is 0. The minimum Gasteiger partial charge on any atom is -0.497 e. The number of likely N-dealkylation sites (N-methyl/N-ethyl adjacent to an activating group) is 1. The number of hydrogen-bond donors (Lipinski definition) is 1. The summed E-state index contributed by atoms with van der Waals surface area (Å²) in [5.74, 6) is 1.22. The maximum Gasteiger partial charge on any atom is 0.254 e. The molecule has 30 heavy (non-hydrogen) atoms. The molecule has 0 fully saturated rings. The summed E-state index contributed by atoms with van der Waals surface area (Å²) in [7, 11) is 1.66. The number of methoxy groups -OCH3 is 1. The number of aromatic nitrogens is 2. The largest absolute Gasteiger partial charge is 0.497 e. The summed E-state index contributed by atoms with van der Waals surface area (Å²) in [6.45, 7) is 6.48. The Balaban J connectivity index is 1.72. The zero-order chi connectivity index (χ0) is 21.3. The maximum atomic E-state index is 12.7. The van der Waals surface area contributed by atoms with Gasteiger partial charge < -0.3 is 10.1 Å². The van der Waals surface area contributed by atoms with Gasteiger partial charge >= 0.3 is 0 Å². The molecule has 0 aliphatic carbocycles. The Kier molecular flexibility index (Phi) is 7.51. The van der Waals surface area contributed by atoms with Crippen molar-refractivity contribution in [1.29, 1.82) is 0 Å². The third-order valence-corrected chi connectivity index (χ3v) is 5.13. The van der Waals surface area contributed by atoms with Gasteiger partial charge in [0, 0.05) is 24.5 Å². The second-order valence-electron chi connectivity index (χ2n) is 6.89. The van der Waals surface area contributed by atoms with Crippen LogP contribution in [0.4, 0.5) is 0 Å².